The monoisotopic (exact) mass is 415 g/mol. The average molecular weight is 415 g/mol. The number of rotatable bonds is 6. The summed E-state index contributed by atoms with van der Waals surface area (Å²) in [5.74, 6) is -1.86. The van der Waals surface area contributed by atoms with E-state index in [9.17, 15) is 18.8 Å². The first-order chi connectivity index (χ1) is 14.0. The van der Waals surface area contributed by atoms with E-state index in [0.29, 0.717) is 30.5 Å². The Morgan fingerprint density at radius 3 is 2.38 bits per heavy atom. The number of Topliss-reactive ketones (excluding diaryl/α,β-unsaturated/α-hetero) is 1. The fourth-order valence-corrected chi connectivity index (χ4v) is 3.65. The molecule has 1 unspecified atom stereocenters. The molecule has 0 saturated carbocycles. The number of amides is 1. The van der Waals surface area contributed by atoms with Gasteiger partial charge in [-0.25, -0.2) is 4.39 Å². The second kappa shape index (κ2) is 9.69. The number of hydrogen-bond acceptors (Lipinski definition) is 5. The molecular weight excluding hydrogens is 393 g/mol. The van der Waals surface area contributed by atoms with Gasteiger partial charge in [-0.3, -0.25) is 14.4 Å². The third kappa shape index (κ3) is 5.44. The van der Waals surface area contributed by atoms with E-state index < -0.39 is 17.7 Å². The van der Waals surface area contributed by atoms with Gasteiger partial charge in [0.05, 0.1) is 5.92 Å². The molecule has 1 fully saturated rings. The smallest absolute Gasteiger partial charge is 0.311 e. The van der Waals surface area contributed by atoms with Crippen LogP contribution in [-0.2, 0) is 9.53 Å². The number of benzene rings is 2. The number of carbonyl (C=O) groups excluding carboxylic acids is 3. The summed E-state index contributed by atoms with van der Waals surface area (Å²) in [6.45, 7) is 0.437. The summed E-state index contributed by atoms with van der Waals surface area (Å²) in [6.07, 6.45) is 3.21. The van der Waals surface area contributed by atoms with Crippen LogP contribution in [0.15, 0.2) is 53.4 Å². The van der Waals surface area contributed by atoms with Crippen molar-refractivity contribution >= 4 is 29.4 Å². The summed E-state index contributed by atoms with van der Waals surface area (Å²) >= 11 is 1.58. The molecule has 3 rings (SSSR count). The van der Waals surface area contributed by atoms with Crippen molar-refractivity contribution in [3.8, 4) is 0 Å². The first-order valence-electron chi connectivity index (χ1n) is 9.36. The Labute approximate surface area is 173 Å². The topological polar surface area (TPSA) is 63.7 Å². The standard InChI is InChI=1S/C22H22FNO4S/c1-29-19-10-6-15(7-11-19)20(25)14-28-22(27)17-3-2-12-24(13-17)21(26)16-4-8-18(23)9-5-16/h4-11,17H,2-3,12-14H2,1H3. The van der Waals surface area contributed by atoms with Crippen LogP contribution in [0.5, 0.6) is 0 Å². The lowest BCUT2D eigenvalue weighted by atomic mass is 9.97. The summed E-state index contributed by atoms with van der Waals surface area (Å²) in [7, 11) is 0. The van der Waals surface area contributed by atoms with Crippen LogP contribution < -0.4 is 0 Å². The number of carbonyl (C=O) groups is 3. The minimum Gasteiger partial charge on any atom is -0.457 e. The van der Waals surface area contributed by atoms with Crippen molar-refractivity contribution in [1.29, 1.82) is 0 Å². The van der Waals surface area contributed by atoms with Crippen molar-refractivity contribution in [3.05, 3.63) is 65.5 Å². The lowest BCUT2D eigenvalue weighted by Crippen LogP contribution is -2.43. The normalized spacial score (nSPS) is 16.3. The van der Waals surface area contributed by atoms with E-state index in [0.717, 1.165) is 4.90 Å². The molecule has 0 N–H and O–H groups in total. The number of likely N-dealkylation sites (tertiary alicyclic amines) is 1. The van der Waals surface area contributed by atoms with Gasteiger partial charge in [0, 0.05) is 29.1 Å². The van der Waals surface area contributed by atoms with Crippen molar-refractivity contribution in [2.75, 3.05) is 26.0 Å². The molecule has 29 heavy (non-hydrogen) atoms. The predicted molar refractivity (Wildman–Crippen MR) is 109 cm³/mol. The second-order valence-corrected chi connectivity index (χ2v) is 7.74. The molecule has 0 radical (unpaired) electrons. The minimum absolute atomic E-state index is 0.228. The van der Waals surface area contributed by atoms with Crippen LogP contribution in [0.25, 0.3) is 0 Å². The number of thioether (sulfide) groups is 1. The Bertz CT molecular complexity index is 883. The molecule has 0 aliphatic carbocycles. The predicted octanol–water partition coefficient (Wildman–Crippen LogP) is 3.83. The zero-order chi connectivity index (χ0) is 20.8. The summed E-state index contributed by atoms with van der Waals surface area (Å²) in [6, 6.07) is 12.5. The highest BCUT2D eigenvalue weighted by Gasteiger charge is 2.30. The first kappa shape index (κ1) is 21.0. The zero-order valence-corrected chi connectivity index (χ0v) is 16.9. The van der Waals surface area contributed by atoms with E-state index in [4.69, 9.17) is 4.74 Å². The molecular formula is C22H22FNO4S. The molecule has 5 nitrogen and oxygen atoms in total. The van der Waals surface area contributed by atoms with Crippen LogP contribution in [0.3, 0.4) is 0 Å². The maximum atomic E-state index is 13.1. The number of ketones is 1. The Kier molecular flexibility index (Phi) is 7.04. The first-order valence-corrected chi connectivity index (χ1v) is 10.6. The number of piperidine rings is 1. The number of ether oxygens (including phenoxy) is 1. The van der Waals surface area contributed by atoms with Gasteiger partial charge >= 0.3 is 5.97 Å². The highest BCUT2D eigenvalue weighted by atomic mass is 32.2. The van der Waals surface area contributed by atoms with Gasteiger partial charge in [-0.2, -0.15) is 0 Å². The van der Waals surface area contributed by atoms with E-state index in [1.54, 1.807) is 28.8 Å². The molecule has 0 aromatic heterocycles. The van der Waals surface area contributed by atoms with Crippen molar-refractivity contribution in [2.24, 2.45) is 5.92 Å². The van der Waals surface area contributed by atoms with Gasteiger partial charge in [-0.05, 0) is 55.5 Å². The highest BCUT2D eigenvalue weighted by Crippen LogP contribution is 2.21. The largest absolute Gasteiger partial charge is 0.457 e. The molecule has 0 spiro atoms. The Morgan fingerprint density at radius 1 is 1.07 bits per heavy atom. The molecule has 2 aromatic carbocycles. The number of esters is 1. The SMILES string of the molecule is CSc1ccc(C(=O)COC(=O)C2CCCN(C(=O)c3ccc(F)cc3)C2)cc1. The van der Waals surface area contributed by atoms with Crippen LogP contribution >= 0.6 is 11.8 Å². The maximum Gasteiger partial charge on any atom is 0.311 e. The third-order valence-corrected chi connectivity index (χ3v) is 5.63. The summed E-state index contributed by atoms with van der Waals surface area (Å²) in [4.78, 5) is 39.9. The fraction of sp³-hybridized carbons (Fsp3) is 0.318. The van der Waals surface area contributed by atoms with Gasteiger partial charge < -0.3 is 9.64 Å². The number of nitrogens with zero attached hydrogens (tertiary/aromatic N) is 1. The van der Waals surface area contributed by atoms with Gasteiger partial charge in [0.2, 0.25) is 0 Å². The lowest BCUT2D eigenvalue weighted by molar-refractivity contribution is -0.148. The summed E-state index contributed by atoms with van der Waals surface area (Å²) in [5, 5.41) is 0. The molecule has 1 amide bonds. The van der Waals surface area contributed by atoms with Gasteiger partial charge in [0.15, 0.2) is 12.4 Å². The van der Waals surface area contributed by atoms with Crippen molar-refractivity contribution in [1.82, 2.24) is 4.90 Å². The second-order valence-electron chi connectivity index (χ2n) is 6.86. The Hall–Kier alpha value is -2.67. The van der Waals surface area contributed by atoms with Gasteiger partial charge in [0.25, 0.3) is 5.91 Å². The zero-order valence-electron chi connectivity index (χ0n) is 16.1. The van der Waals surface area contributed by atoms with Crippen LogP contribution in [0.1, 0.15) is 33.6 Å². The van der Waals surface area contributed by atoms with Gasteiger partial charge in [0.1, 0.15) is 5.82 Å². The van der Waals surface area contributed by atoms with E-state index >= 15 is 0 Å². The molecule has 1 atom stereocenters. The minimum atomic E-state index is -0.476. The lowest BCUT2D eigenvalue weighted by Gasteiger charge is -2.31. The fourth-order valence-electron chi connectivity index (χ4n) is 3.24. The quantitative estimate of drug-likeness (QED) is 0.408. The van der Waals surface area contributed by atoms with E-state index in [1.807, 2.05) is 18.4 Å². The Balaban J connectivity index is 1.54. The molecule has 1 saturated heterocycles. The van der Waals surface area contributed by atoms with Crippen LogP contribution in [0.4, 0.5) is 4.39 Å². The van der Waals surface area contributed by atoms with Gasteiger partial charge in [-0.15, -0.1) is 11.8 Å². The third-order valence-electron chi connectivity index (χ3n) is 4.89. The molecule has 0 bridgehead atoms. The molecule has 152 valence electrons. The van der Waals surface area contributed by atoms with Crippen molar-refractivity contribution < 1.29 is 23.5 Å². The number of hydrogen-bond donors (Lipinski definition) is 0. The highest BCUT2D eigenvalue weighted by molar-refractivity contribution is 7.98. The van der Waals surface area contributed by atoms with Crippen molar-refractivity contribution in [3.63, 3.8) is 0 Å². The van der Waals surface area contributed by atoms with Crippen LogP contribution in [0.2, 0.25) is 0 Å². The maximum absolute atomic E-state index is 13.1. The van der Waals surface area contributed by atoms with E-state index in [-0.39, 0.29) is 24.8 Å². The van der Waals surface area contributed by atoms with E-state index in [2.05, 4.69) is 0 Å². The molecule has 1 aliphatic rings. The van der Waals surface area contributed by atoms with Crippen molar-refractivity contribution in [2.45, 2.75) is 17.7 Å². The average Bonchev–Trinajstić information content (AvgIpc) is 2.77. The van der Waals surface area contributed by atoms with Crippen LogP contribution in [-0.4, -0.2) is 48.5 Å². The number of halogens is 1. The van der Waals surface area contributed by atoms with Crippen LogP contribution in [0, 0.1) is 11.7 Å². The molecule has 7 heteroatoms. The summed E-state index contributed by atoms with van der Waals surface area (Å²) < 4.78 is 18.3. The molecule has 1 heterocycles. The Morgan fingerprint density at radius 2 is 1.72 bits per heavy atom. The summed E-state index contributed by atoms with van der Waals surface area (Å²) in [5.41, 5.74) is 0.872. The molecule has 2 aromatic rings. The van der Waals surface area contributed by atoms with Gasteiger partial charge in [-0.1, -0.05) is 12.1 Å². The molecule has 1 aliphatic heterocycles. The van der Waals surface area contributed by atoms with E-state index in [1.165, 1.54) is 24.3 Å².